The Kier molecular flexibility index (Phi) is 6.03. The lowest BCUT2D eigenvalue weighted by Crippen LogP contribution is -2.01. The van der Waals surface area contributed by atoms with E-state index in [-0.39, 0.29) is 5.38 Å². The fourth-order valence-corrected chi connectivity index (χ4v) is 3.75. The Balaban J connectivity index is 2.08. The minimum absolute atomic E-state index is 0.0208. The molecule has 0 bridgehead atoms. The first-order valence-corrected chi connectivity index (χ1v) is 8.44. The molecule has 0 aromatic heterocycles. The second kappa shape index (κ2) is 7.56. The fraction of sp³-hybridized carbons (Fsp3) is 0.625. The van der Waals surface area contributed by atoms with Crippen LogP contribution in [-0.2, 0) is 0 Å². The number of hydrogen-bond donors (Lipinski definition) is 0. The maximum absolute atomic E-state index is 6.60. The third-order valence-corrected chi connectivity index (χ3v) is 5.22. The van der Waals surface area contributed by atoms with Gasteiger partial charge in [0.1, 0.15) is 11.5 Å². The Morgan fingerprint density at radius 1 is 1.20 bits per heavy atom. The molecule has 2 rings (SSSR count). The summed E-state index contributed by atoms with van der Waals surface area (Å²) in [7, 11) is 3.34. The number of ether oxygens (including phenoxy) is 2. The van der Waals surface area contributed by atoms with Crippen molar-refractivity contribution in [1.82, 2.24) is 0 Å². The minimum atomic E-state index is -0.0208. The molecule has 1 atom stereocenters. The zero-order chi connectivity index (χ0) is 14.5. The van der Waals surface area contributed by atoms with Crippen LogP contribution in [-0.4, -0.2) is 14.2 Å². The number of alkyl halides is 1. The SMILES string of the molecule is COc1cc(C(Cl)CCC2CCCC2)c(OC)cc1Br. The lowest BCUT2D eigenvalue weighted by molar-refractivity contribution is 0.394. The number of rotatable bonds is 6. The van der Waals surface area contributed by atoms with Crippen LogP contribution >= 0.6 is 27.5 Å². The van der Waals surface area contributed by atoms with E-state index in [0.29, 0.717) is 0 Å². The van der Waals surface area contributed by atoms with Crippen LogP contribution < -0.4 is 9.47 Å². The van der Waals surface area contributed by atoms with Crippen molar-refractivity contribution in [1.29, 1.82) is 0 Å². The van der Waals surface area contributed by atoms with E-state index in [1.165, 1.54) is 32.1 Å². The van der Waals surface area contributed by atoms with Crippen molar-refractivity contribution in [2.45, 2.75) is 43.9 Å². The van der Waals surface area contributed by atoms with Crippen molar-refractivity contribution in [2.24, 2.45) is 5.92 Å². The highest BCUT2D eigenvalue weighted by Crippen LogP contribution is 2.41. The summed E-state index contributed by atoms with van der Waals surface area (Å²) < 4.78 is 11.7. The van der Waals surface area contributed by atoms with Crippen LogP contribution in [0.15, 0.2) is 16.6 Å². The molecule has 1 saturated carbocycles. The van der Waals surface area contributed by atoms with Gasteiger partial charge in [0.05, 0.1) is 24.1 Å². The normalized spacial score (nSPS) is 17.2. The lowest BCUT2D eigenvalue weighted by Gasteiger charge is -2.18. The molecule has 2 nitrogen and oxygen atoms in total. The zero-order valence-electron chi connectivity index (χ0n) is 12.1. The van der Waals surface area contributed by atoms with Gasteiger partial charge in [-0.2, -0.15) is 0 Å². The molecule has 0 N–H and O–H groups in total. The molecule has 1 unspecified atom stereocenters. The molecule has 1 aliphatic carbocycles. The summed E-state index contributed by atoms with van der Waals surface area (Å²) in [6.45, 7) is 0. The molecule has 1 fully saturated rings. The summed E-state index contributed by atoms with van der Waals surface area (Å²) in [5.41, 5.74) is 1.02. The van der Waals surface area contributed by atoms with E-state index >= 15 is 0 Å². The highest BCUT2D eigenvalue weighted by Gasteiger charge is 2.20. The molecule has 4 heteroatoms. The monoisotopic (exact) mass is 360 g/mol. The van der Waals surface area contributed by atoms with Gasteiger partial charge in [0, 0.05) is 5.56 Å². The third-order valence-electron chi connectivity index (χ3n) is 4.14. The first kappa shape index (κ1) is 16.0. The highest BCUT2D eigenvalue weighted by molar-refractivity contribution is 9.10. The molecule has 20 heavy (non-hydrogen) atoms. The second-order valence-corrected chi connectivity index (χ2v) is 6.81. The van der Waals surface area contributed by atoms with Crippen LogP contribution in [0.3, 0.4) is 0 Å². The topological polar surface area (TPSA) is 18.5 Å². The summed E-state index contributed by atoms with van der Waals surface area (Å²) >= 11 is 10.1. The van der Waals surface area contributed by atoms with Gasteiger partial charge in [-0.3, -0.25) is 0 Å². The Morgan fingerprint density at radius 2 is 1.85 bits per heavy atom. The van der Waals surface area contributed by atoms with E-state index < -0.39 is 0 Å². The van der Waals surface area contributed by atoms with Crippen LogP contribution in [0.2, 0.25) is 0 Å². The zero-order valence-corrected chi connectivity index (χ0v) is 14.5. The molecule has 0 aliphatic heterocycles. The predicted molar refractivity (Wildman–Crippen MR) is 87.0 cm³/mol. The van der Waals surface area contributed by atoms with Crippen LogP contribution in [0, 0.1) is 5.92 Å². The summed E-state index contributed by atoms with van der Waals surface area (Å²) in [4.78, 5) is 0. The minimum Gasteiger partial charge on any atom is -0.496 e. The van der Waals surface area contributed by atoms with Gasteiger partial charge in [-0.1, -0.05) is 25.7 Å². The van der Waals surface area contributed by atoms with Crippen molar-refractivity contribution in [3.8, 4) is 11.5 Å². The number of hydrogen-bond acceptors (Lipinski definition) is 2. The van der Waals surface area contributed by atoms with E-state index in [9.17, 15) is 0 Å². The third kappa shape index (κ3) is 3.82. The largest absolute Gasteiger partial charge is 0.496 e. The van der Waals surface area contributed by atoms with E-state index in [1.54, 1.807) is 14.2 Å². The van der Waals surface area contributed by atoms with Crippen molar-refractivity contribution >= 4 is 27.5 Å². The summed E-state index contributed by atoms with van der Waals surface area (Å²) in [6.07, 6.45) is 7.69. The van der Waals surface area contributed by atoms with Gasteiger partial charge in [-0.05, 0) is 46.8 Å². The maximum atomic E-state index is 6.60. The van der Waals surface area contributed by atoms with Gasteiger partial charge < -0.3 is 9.47 Å². The first-order valence-electron chi connectivity index (χ1n) is 7.21. The summed E-state index contributed by atoms with van der Waals surface area (Å²) in [6, 6.07) is 3.91. The Labute approximate surface area is 134 Å². The number of methoxy groups -OCH3 is 2. The Hall–Kier alpha value is -0.410. The average molecular weight is 362 g/mol. The van der Waals surface area contributed by atoms with Crippen LogP contribution in [0.5, 0.6) is 11.5 Å². The quantitative estimate of drug-likeness (QED) is 0.604. The van der Waals surface area contributed by atoms with E-state index in [2.05, 4.69) is 15.9 Å². The summed E-state index contributed by atoms with van der Waals surface area (Å²) in [5.74, 6) is 2.48. The highest BCUT2D eigenvalue weighted by atomic mass is 79.9. The standard InChI is InChI=1S/C16H22BrClO2/c1-19-15-10-13(17)16(20-2)9-12(15)14(18)8-7-11-5-3-4-6-11/h9-11,14H,3-8H2,1-2H3. The molecule has 112 valence electrons. The molecule has 1 aromatic rings. The van der Waals surface area contributed by atoms with Crippen molar-refractivity contribution in [3.63, 3.8) is 0 Å². The summed E-state index contributed by atoms with van der Waals surface area (Å²) in [5, 5.41) is -0.0208. The van der Waals surface area contributed by atoms with Crippen LogP contribution in [0.4, 0.5) is 0 Å². The second-order valence-electron chi connectivity index (χ2n) is 5.42. The van der Waals surface area contributed by atoms with Gasteiger partial charge >= 0.3 is 0 Å². The molecule has 0 heterocycles. The molecule has 0 spiro atoms. The van der Waals surface area contributed by atoms with Crippen LogP contribution in [0.1, 0.15) is 49.5 Å². The van der Waals surface area contributed by atoms with Crippen LogP contribution in [0.25, 0.3) is 0 Å². The van der Waals surface area contributed by atoms with Gasteiger partial charge in [-0.25, -0.2) is 0 Å². The molecule has 0 radical (unpaired) electrons. The molecular formula is C16H22BrClO2. The van der Waals surface area contributed by atoms with Crippen molar-refractivity contribution < 1.29 is 9.47 Å². The number of halogens is 2. The Bertz CT molecular complexity index is 444. The number of benzene rings is 1. The molecular weight excluding hydrogens is 340 g/mol. The lowest BCUT2D eigenvalue weighted by atomic mass is 9.97. The fourth-order valence-electron chi connectivity index (χ4n) is 2.97. The smallest absolute Gasteiger partial charge is 0.133 e. The molecule has 0 saturated heterocycles. The predicted octanol–water partition coefficient (Wildman–Crippen LogP) is 5.72. The van der Waals surface area contributed by atoms with Gasteiger partial charge in [0.2, 0.25) is 0 Å². The van der Waals surface area contributed by atoms with Gasteiger partial charge in [0.15, 0.2) is 0 Å². The van der Waals surface area contributed by atoms with Crippen molar-refractivity contribution in [2.75, 3.05) is 14.2 Å². The molecule has 1 aliphatic rings. The Morgan fingerprint density at radius 3 is 2.45 bits per heavy atom. The maximum Gasteiger partial charge on any atom is 0.133 e. The van der Waals surface area contributed by atoms with Gasteiger partial charge in [0.25, 0.3) is 0 Å². The van der Waals surface area contributed by atoms with Gasteiger partial charge in [-0.15, -0.1) is 11.6 Å². The van der Waals surface area contributed by atoms with Crippen molar-refractivity contribution in [3.05, 3.63) is 22.2 Å². The van der Waals surface area contributed by atoms with E-state index in [0.717, 1.165) is 33.9 Å². The molecule has 0 amide bonds. The average Bonchev–Trinajstić information content (AvgIpc) is 2.97. The van der Waals surface area contributed by atoms with E-state index in [4.69, 9.17) is 21.1 Å². The molecule has 1 aromatic carbocycles. The first-order chi connectivity index (χ1) is 9.65. The van der Waals surface area contributed by atoms with E-state index in [1.807, 2.05) is 12.1 Å².